The zero-order valence-electron chi connectivity index (χ0n) is 10.5. The summed E-state index contributed by atoms with van der Waals surface area (Å²) in [6.45, 7) is 7.02. The number of rotatable bonds is 6. The summed E-state index contributed by atoms with van der Waals surface area (Å²) in [5.41, 5.74) is 6.00. The molecule has 2 unspecified atom stereocenters. The van der Waals surface area contributed by atoms with Crippen LogP contribution in [0.4, 0.5) is 0 Å². The standard InChI is InChI=1S/C13H28N2/c1-3-4-5-6-8-12(2)15-10-7-9-13(14)11-15/h12-13H,3-11,14H2,1-2H3. The van der Waals surface area contributed by atoms with Gasteiger partial charge in [0.15, 0.2) is 0 Å². The highest BCUT2D eigenvalue weighted by atomic mass is 15.2. The highest BCUT2D eigenvalue weighted by Gasteiger charge is 2.20. The number of likely N-dealkylation sites (tertiary alicyclic amines) is 1. The topological polar surface area (TPSA) is 29.3 Å². The zero-order valence-corrected chi connectivity index (χ0v) is 10.5. The molecule has 0 aromatic rings. The van der Waals surface area contributed by atoms with Crippen LogP contribution in [0, 0.1) is 0 Å². The van der Waals surface area contributed by atoms with Gasteiger partial charge >= 0.3 is 0 Å². The van der Waals surface area contributed by atoms with Crippen LogP contribution in [-0.2, 0) is 0 Å². The summed E-state index contributed by atoms with van der Waals surface area (Å²) in [6, 6.07) is 1.17. The number of hydrogen-bond acceptors (Lipinski definition) is 2. The SMILES string of the molecule is CCCCCCC(C)N1CCCC(N)C1. The Kier molecular flexibility index (Phi) is 6.26. The molecule has 0 saturated carbocycles. The minimum atomic E-state index is 0.428. The molecule has 0 aliphatic carbocycles. The van der Waals surface area contributed by atoms with Gasteiger partial charge in [-0.15, -0.1) is 0 Å². The lowest BCUT2D eigenvalue weighted by Gasteiger charge is -2.35. The molecular formula is C13H28N2. The molecule has 0 aromatic carbocycles. The fourth-order valence-corrected chi connectivity index (χ4v) is 2.49. The number of nitrogens with two attached hydrogens (primary N) is 1. The van der Waals surface area contributed by atoms with E-state index in [9.17, 15) is 0 Å². The highest BCUT2D eigenvalue weighted by Crippen LogP contribution is 2.16. The minimum absolute atomic E-state index is 0.428. The first kappa shape index (κ1) is 13.0. The Morgan fingerprint density at radius 2 is 2.13 bits per heavy atom. The molecule has 1 saturated heterocycles. The van der Waals surface area contributed by atoms with Gasteiger partial charge in [0, 0.05) is 18.6 Å². The number of piperidine rings is 1. The van der Waals surface area contributed by atoms with Gasteiger partial charge in [-0.3, -0.25) is 4.90 Å². The summed E-state index contributed by atoms with van der Waals surface area (Å²) < 4.78 is 0. The molecule has 2 nitrogen and oxygen atoms in total. The number of nitrogens with zero attached hydrogens (tertiary/aromatic N) is 1. The highest BCUT2D eigenvalue weighted by molar-refractivity contribution is 4.78. The van der Waals surface area contributed by atoms with Crippen molar-refractivity contribution in [2.24, 2.45) is 5.73 Å². The minimum Gasteiger partial charge on any atom is -0.327 e. The number of unbranched alkanes of at least 4 members (excludes halogenated alkanes) is 3. The molecule has 2 heteroatoms. The molecule has 1 heterocycles. The Hall–Kier alpha value is -0.0800. The van der Waals surface area contributed by atoms with Gasteiger partial charge in [0.2, 0.25) is 0 Å². The molecule has 1 fully saturated rings. The van der Waals surface area contributed by atoms with Crippen molar-refractivity contribution in [2.45, 2.75) is 70.9 Å². The van der Waals surface area contributed by atoms with E-state index in [1.54, 1.807) is 0 Å². The predicted molar refractivity (Wildman–Crippen MR) is 67.0 cm³/mol. The van der Waals surface area contributed by atoms with Crippen LogP contribution in [0.5, 0.6) is 0 Å². The third-order valence-corrected chi connectivity index (χ3v) is 3.59. The number of hydrogen-bond donors (Lipinski definition) is 1. The van der Waals surface area contributed by atoms with Gasteiger partial charge in [0.05, 0.1) is 0 Å². The molecule has 0 bridgehead atoms. The first-order chi connectivity index (χ1) is 7.24. The van der Waals surface area contributed by atoms with E-state index in [-0.39, 0.29) is 0 Å². The van der Waals surface area contributed by atoms with Gasteiger partial charge in [0.25, 0.3) is 0 Å². The summed E-state index contributed by atoms with van der Waals surface area (Å²) in [5, 5.41) is 0. The largest absolute Gasteiger partial charge is 0.327 e. The molecule has 0 radical (unpaired) electrons. The molecule has 0 amide bonds. The first-order valence-electron chi connectivity index (χ1n) is 6.73. The molecular weight excluding hydrogens is 184 g/mol. The normalized spacial score (nSPS) is 25.4. The summed E-state index contributed by atoms with van der Waals surface area (Å²) in [7, 11) is 0. The molecule has 2 atom stereocenters. The van der Waals surface area contributed by atoms with Crippen molar-refractivity contribution in [1.82, 2.24) is 4.90 Å². The van der Waals surface area contributed by atoms with E-state index in [1.165, 1.54) is 51.5 Å². The zero-order chi connectivity index (χ0) is 11.1. The smallest absolute Gasteiger partial charge is 0.0168 e. The van der Waals surface area contributed by atoms with Crippen LogP contribution in [0.2, 0.25) is 0 Å². The third kappa shape index (κ3) is 4.98. The van der Waals surface area contributed by atoms with E-state index in [4.69, 9.17) is 5.73 Å². The molecule has 1 aliphatic heterocycles. The van der Waals surface area contributed by atoms with Gasteiger partial charge in [-0.1, -0.05) is 32.6 Å². The van der Waals surface area contributed by atoms with E-state index in [2.05, 4.69) is 18.7 Å². The summed E-state index contributed by atoms with van der Waals surface area (Å²) >= 11 is 0. The second kappa shape index (κ2) is 7.24. The van der Waals surface area contributed by atoms with Crippen molar-refractivity contribution in [2.75, 3.05) is 13.1 Å². The van der Waals surface area contributed by atoms with Crippen molar-refractivity contribution in [3.63, 3.8) is 0 Å². The van der Waals surface area contributed by atoms with Crippen LogP contribution in [0.25, 0.3) is 0 Å². The molecule has 0 spiro atoms. The van der Waals surface area contributed by atoms with Crippen molar-refractivity contribution < 1.29 is 0 Å². The fraction of sp³-hybridized carbons (Fsp3) is 1.00. The van der Waals surface area contributed by atoms with Gasteiger partial charge in [-0.25, -0.2) is 0 Å². The molecule has 0 aromatic heterocycles. The maximum absolute atomic E-state index is 6.00. The molecule has 2 N–H and O–H groups in total. The van der Waals surface area contributed by atoms with Crippen molar-refractivity contribution in [3.05, 3.63) is 0 Å². The predicted octanol–water partition coefficient (Wildman–Crippen LogP) is 2.77. The maximum Gasteiger partial charge on any atom is 0.0168 e. The Labute approximate surface area is 95.2 Å². The lowest BCUT2D eigenvalue weighted by molar-refractivity contribution is 0.150. The molecule has 90 valence electrons. The van der Waals surface area contributed by atoms with Crippen LogP contribution < -0.4 is 5.73 Å². The van der Waals surface area contributed by atoms with E-state index >= 15 is 0 Å². The Morgan fingerprint density at radius 1 is 1.33 bits per heavy atom. The van der Waals surface area contributed by atoms with E-state index in [0.717, 1.165) is 12.6 Å². The molecule has 15 heavy (non-hydrogen) atoms. The molecule has 1 rings (SSSR count). The van der Waals surface area contributed by atoms with E-state index < -0.39 is 0 Å². The van der Waals surface area contributed by atoms with Crippen molar-refractivity contribution in [3.8, 4) is 0 Å². The average Bonchev–Trinajstić information content (AvgIpc) is 2.24. The maximum atomic E-state index is 6.00. The van der Waals surface area contributed by atoms with Crippen LogP contribution in [0.3, 0.4) is 0 Å². The van der Waals surface area contributed by atoms with Gasteiger partial charge in [-0.2, -0.15) is 0 Å². The first-order valence-corrected chi connectivity index (χ1v) is 6.73. The second-order valence-electron chi connectivity index (χ2n) is 5.10. The Bertz CT molecular complexity index is 159. The monoisotopic (exact) mass is 212 g/mol. The fourth-order valence-electron chi connectivity index (χ4n) is 2.49. The van der Waals surface area contributed by atoms with E-state index in [0.29, 0.717) is 6.04 Å². The van der Waals surface area contributed by atoms with Crippen LogP contribution in [0.1, 0.15) is 58.8 Å². The molecule has 1 aliphatic rings. The second-order valence-corrected chi connectivity index (χ2v) is 5.10. The van der Waals surface area contributed by atoms with Crippen LogP contribution in [0.15, 0.2) is 0 Å². The lowest BCUT2D eigenvalue weighted by Crippen LogP contribution is -2.46. The van der Waals surface area contributed by atoms with Crippen molar-refractivity contribution in [1.29, 1.82) is 0 Å². The van der Waals surface area contributed by atoms with Crippen LogP contribution in [-0.4, -0.2) is 30.1 Å². The van der Waals surface area contributed by atoms with Gasteiger partial charge in [0.1, 0.15) is 0 Å². The summed E-state index contributed by atoms with van der Waals surface area (Å²) in [4.78, 5) is 2.58. The lowest BCUT2D eigenvalue weighted by atomic mass is 10.0. The summed E-state index contributed by atoms with van der Waals surface area (Å²) in [6.07, 6.45) is 9.39. The van der Waals surface area contributed by atoms with Crippen LogP contribution >= 0.6 is 0 Å². The average molecular weight is 212 g/mol. The Morgan fingerprint density at radius 3 is 2.80 bits per heavy atom. The van der Waals surface area contributed by atoms with Crippen molar-refractivity contribution >= 4 is 0 Å². The van der Waals surface area contributed by atoms with Gasteiger partial charge in [-0.05, 0) is 32.7 Å². The summed E-state index contributed by atoms with van der Waals surface area (Å²) in [5.74, 6) is 0. The Balaban J connectivity index is 2.12. The third-order valence-electron chi connectivity index (χ3n) is 3.59. The van der Waals surface area contributed by atoms with E-state index in [1.807, 2.05) is 0 Å². The quantitative estimate of drug-likeness (QED) is 0.686. The van der Waals surface area contributed by atoms with Gasteiger partial charge < -0.3 is 5.73 Å².